The number of isocyanates is 1. The van der Waals surface area contributed by atoms with E-state index in [1.54, 1.807) is 6.08 Å². The van der Waals surface area contributed by atoms with Crippen LogP contribution in [0.2, 0.25) is 19.6 Å². The van der Waals surface area contributed by atoms with Crippen LogP contribution in [0.15, 0.2) is 4.66 Å². The first-order valence-corrected chi connectivity index (χ1v) is 8.88. The monoisotopic (exact) mass is 244 g/mol. The number of amides is 1. The molecule has 1 heterocycles. The van der Waals surface area contributed by atoms with Gasteiger partial charge >= 0.3 is 6.09 Å². The van der Waals surface area contributed by atoms with Crippen LogP contribution in [0.5, 0.6) is 0 Å². The highest BCUT2D eigenvalue weighted by molar-refractivity contribution is 6.74. The molecule has 0 radical (unpaired) electrons. The van der Waals surface area contributed by atoms with Gasteiger partial charge in [0.15, 0.2) is 8.24 Å². The molecule has 1 aliphatic heterocycles. The van der Waals surface area contributed by atoms with Crippen molar-refractivity contribution in [2.45, 2.75) is 38.9 Å². The first-order chi connectivity index (χ1) is 7.37. The van der Waals surface area contributed by atoms with Crippen LogP contribution in [-0.4, -0.2) is 43.5 Å². The van der Waals surface area contributed by atoms with Crippen molar-refractivity contribution in [1.29, 1.82) is 0 Å². The van der Waals surface area contributed by atoms with Gasteiger partial charge < -0.3 is 10.0 Å². The summed E-state index contributed by atoms with van der Waals surface area (Å²) in [5.41, 5.74) is 0. The molecular weight excluding hydrogens is 224 g/mol. The van der Waals surface area contributed by atoms with Gasteiger partial charge in [0.25, 0.3) is 0 Å². The van der Waals surface area contributed by atoms with Gasteiger partial charge in [0, 0.05) is 13.1 Å². The van der Waals surface area contributed by atoms with Crippen LogP contribution in [0.25, 0.3) is 0 Å². The summed E-state index contributed by atoms with van der Waals surface area (Å²) in [4.78, 5) is 21.3. The quantitative estimate of drug-likeness (QED) is 0.437. The van der Waals surface area contributed by atoms with E-state index in [2.05, 4.69) is 4.66 Å². The predicted octanol–water partition coefficient (Wildman–Crippen LogP) is 2.31. The Bertz CT molecular complexity index is 264. The Balaban J connectivity index is 0.000000293. The zero-order valence-electron chi connectivity index (χ0n) is 10.2. The Labute approximate surface area is 97.3 Å². The molecule has 1 fully saturated rings. The molecule has 92 valence electrons. The van der Waals surface area contributed by atoms with Crippen molar-refractivity contribution in [1.82, 2.24) is 4.90 Å². The summed E-state index contributed by atoms with van der Waals surface area (Å²) in [6.07, 6.45) is 4.03. The van der Waals surface area contributed by atoms with E-state index in [4.69, 9.17) is 5.11 Å². The molecule has 0 aromatic heterocycles. The molecule has 1 rings (SSSR count). The largest absolute Gasteiger partial charge is 0.465 e. The van der Waals surface area contributed by atoms with Gasteiger partial charge in [0.2, 0.25) is 6.08 Å². The number of likely N-dealkylation sites (tertiary alicyclic amines) is 1. The molecule has 0 unspecified atom stereocenters. The van der Waals surface area contributed by atoms with Crippen LogP contribution < -0.4 is 0 Å². The Morgan fingerprint density at radius 3 is 1.94 bits per heavy atom. The second-order valence-corrected chi connectivity index (χ2v) is 9.27. The Hall–Kier alpha value is -1.13. The van der Waals surface area contributed by atoms with E-state index in [9.17, 15) is 9.59 Å². The third-order valence-electron chi connectivity index (χ3n) is 2.01. The van der Waals surface area contributed by atoms with Crippen LogP contribution in [0.1, 0.15) is 19.3 Å². The number of carbonyl (C=O) groups excluding carboxylic acids is 1. The predicted molar refractivity (Wildman–Crippen MR) is 64.9 cm³/mol. The minimum absolute atomic E-state index is 0.731. The van der Waals surface area contributed by atoms with Gasteiger partial charge in [-0.3, -0.25) is 0 Å². The molecule has 0 bridgehead atoms. The Morgan fingerprint density at radius 2 is 1.75 bits per heavy atom. The lowest BCUT2D eigenvalue weighted by molar-refractivity contribution is 0.136. The van der Waals surface area contributed by atoms with Crippen molar-refractivity contribution in [3.05, 3.63) is 0 Å². The molecule has 0 saturated carbocycles. The van der Waals surface area contributed by atoms with Gasteiger partial charge in [-0.1, -0.05) is 0 Å². The Kier molecular flexibility index (Phi) is 6.68. The van der Waals surface area contributed by atoms with E-state index < -0.39 is 14.3 Å². The number of carbonyl (C=O) groups is 1. The average Bonchev–Trinajstić information content (AvgIpc) is 2.18. The maximum Gasteiger partial charge on any atom is 0.407 e. The second kappa shape index (κ2) is 7.19. The lowest BCUT2D eigenvalue weighted by atomic mass is 10.1. The summed E-state index contributed by atoms with van der Waals surface area (Å²) < 4.78 is 3.59. The first-order valence-electron chi connectivity index (χ1n) is 5.44. The SMILES string of the molecule is C[Si](C)(C)N=C=O.O=C(O)N1CCCCC1. The van der Waals surface area contributed by atoms with E-state index >= 15 is 0 Å². The number of rotatable bonds is 1. The van der Waals surface area contributed by atoms with Crippen molar-refractivity contribution in [2.75, 3.05) is 13.1 Å². The van der Waals surface area contributed by atoms with Gasteiger partial charge in [-0.05, 0) is 38.9 Å². The fourth-order valence-corrected chi connectivity index (χ4v) is 1.50. The number of piperidine rings is 1. The molecule has 1 N–H and O–H groups in total. The number of hydrogen-bond donors (Lipinski definition) is 1. The van der Waals surface area contributed by atoms with E-state index in [0.29, 0.717) is 0 Å². The highest BCUT2D eigenvalue weighted by Crippen LogP contribution is 2.07. The van der Waals surface area contributed by atoms with Crippen LogP contribution in [-0.2, 0) is 4.79 Å². The van der Waals surface area contributed by atoms with Crippen LogP contribution in [0.3, 0.4) is 0 Å². The van der Waals surface area contributed by atoms with Gasteiger partial charge in [0.05, 0.1) is 0 Å². The zero-order valence-corrected chi connectivity index (χ0v) is 11.2. The molecule has 0 atom stereocenters. The van der Waals surface area contributed by atoms with E-state index in [1.807, 2.05) is 19.6 Å². The molecular formula is C10H20N2O3Si. The lowest BCUT2D eigenvalue weighted by Crippen LogP contribution is -2.34. The summed E-state index contributed by atoms with van der Waals surface area (Å²) in [5, 5.41) is 8.46. The highest BCUT2D eigenvalue weighted by atomic mass is 28.3. The van der Waals surface area contributed by atoms with Crippen molar-refractivity contribution in [3.8, 4) is 0 Å². The maximum atomic E-state index is 10.3. The summed E-state index contributed by atoms with van der Waals surface area (Å²) in [5.74, 6) is 0. The fraction of sp³-hybridized carbons (Fsp3) is 0.800. The zero-order chi connectivity index (χ0) is 12.6. The molecule has 1 aliphatic rings. The van der Waals surface area contributed by atoms with Gasteiger partial charge in [0.1, 0.15) is 0 Å². The summed E-state index contributed by atoms with van der Waals surface area (Å²) >= 11 is 0. The van der Waals surface area contributed by atoms with Crippen LogP contribution in [0.4, 0.5) is 4.79 Å². The molecule has 1 saturated heterocycles. The molecule has 0 spiro atoms. The average molecular weight is 244 g/mol. The molecule has 0 aliphatic carbocycles. The summed E-state index contributed by atoms with van der Waals surface area (Å²) in [6, 6.07) is 0. The molecule has 6 heteroatoms. The standard InChI is InChI=1S/C6H11NO2.C4H9NOSi/c8-6(9)7-4-2-1-3-5-7;1-7(2,3)5-4-6/h1-5H2,(H,8,9);1-3H3. The number of hydrogen-bond acceptors (Lipinski definition) is 3. The third-order valence-corrected chi connectivity index (χ3v) is 2.77. The second-order valence-electron chi connectivity index (χ2n) is 4.70. The van der Waals surface area contributed by atoms with Gasteiger partial charge in [-0.25, -0.2) is 14.2 Å². The molecule has 16 heavy (non-hydrogen) atoms. The van der Waals surface area contributed by atoms with Gasteiger partial charge in [-0.2, -0.15) is 0 Å². The molecule has 0 aromatic carbocycles. The minimum Gasteiger partial charge on any atom is -0.465 e. The van der Waals surface area contributed by atoms with Gasteiger partial charge in [-0.15, -0.1) is 0 Å². The lowest BCUT2D eigenvalue weighted by Gasteiger charge is -2.22. The molecule has 0 aromatic rings. The van der Waals surface area contributed by atoms with E-state index in [-0.39, 0.29) is 0 Å². The summed E-state index contributed by atoms with van der Waals surface area (Å²) in [7, 11) is -1.46. The normalized spacial score (nSPS) is 15.6. The van der Waals surface area contributed by atoms with Crippen LogP contribution >= 0.6 is 0 Å². The molecule has 1 amide bonds. The maximum absolute atomic E-state index is 10.3. The third kappa shape index (κ3) is 8.20. The highest BCUT2D eigenvalue weighted by Gasteiger charge is 2.13. The topological polar surface area (TPSA) is 70.0 Å². The van der Waals surface area contributed by atoms with Crippen molar-refractivity contribution in [2.24, 2.45) is 4.66 Å². The number of carboxylic acid groups (broad SMARTS) is 1. The minimum atomic E-state index is -1.46. The van der Waals surface area contributed by atoms with E-state index in [1.165, 1.54) is 11.3 Å². The van der Waals surface area contributed by atoms with E-state index in [0.717, 1.165) is 25.9 Å². The number of nitrogens with zero attached hydrogens (tertiary/aromatic N) is 2. The smallest absolute Gasteiger partial charge is 0.407 e. The molecule has 5 nitrogen and oxygen atoms in total. The summed E-state index contributed by atoms with van der Waals surface area (Å²) in [6.45, 7) is 7.42. The first kappa shape index (κ1) is 14.9. The van der Waals surface area contributed by atoms with Crippen molar-refractivity contribution in [3.63, 3.8) is 0 Å². The van der Waals surface area contributed by atoms with Crippen molar-refractivity contribution >= 4 is 20.4 Å². The Morgan fingerprint density at radius 1 is 1.25 bits per heavy atom. The van der Waals surface area contributed by atoms with Crippen molar-refractivity contribution < 1.29 is 14.7 Å². The van der Waals surface area contributed by atoms with Crippen LogP contribution in [0, 0.1) is 0 Å². The fourth-order valence-electron chi connectivity index (χ4n) is 1.22.